The second kappa shape index (κ2) is 11.3. The number of hydrogen-bond acceptors (Lipinski definition) is 9. The Balaban J connectivity index is 1.33. The van der Waals surface area contributed by atoms with Crippen LogP contribution < -0.4 is 20.1 Å². The standard InChI is InChI=1S/C29H34ClN7O2/c1-29(2)18-33-27-20(17-31)13-19(14-21(27)29)23-5-6-32-28(34-23)35-24-15-22(30)25(16-26(24)38-4)39-12-11-37-9-7-36(3)8-10-37/h5-6,13-16,33H,7-12,18H2,1-4H3,(H,32,34,35). The average molecular weight is 548 g/mol. The highest BCUT2D eigenvalue weighted by Gasteiger charge is 2.32. The Labute approximate surface area is 234 Å². The number of methoxy groups -OCH3 is 1. The topological polar surface area (TPSA) is 98.6 Å². The molecule has 0 unspecified atom stereocenters. The fourth-order valence-electron chi connectivity index (χ4n) is 4.98. The Hall–Kier alpha value is -3.58. The first-order valence-corrected chi connectivity index (χ1v) is 13.5. The minimum Gasteiger partial charge on any atom is -0.494 e. The summed E-state index contributed by atoms with van der Waals surface area (Å²) in [5.41, 5.74) is 4.75. The van der Waals surface area contributed by atoms with Crippen molar-refractivity contribution >= 4 is 28.9 Å². The van der Waals surface area contributed by atoms with E-state index in [2.05, 4.69) is 58.4 Å². The molecule has 0 aliphatic carbocycles. The van der Waals surface area contributed by atoms with Gasteiger partial charge in [0, 0.05) is 62.5 Å². The normalized spacial score (nSPS) is 16.7. The number of ether oxygens (including phenoxy) is 2. The number of anilines is 3. The molecule has 39 heavy (non-hydrogen) atoms. The van der Waals surface area contributed by atoms with Crippen molar-refractivity contribution in [3.63, 3.8) is 0 Å². The number of piperazine rings is 1. The molecule has 0 amide bonds. The highest BCUT2D eigenvalue weighted by atomic mass is 35.5. The Bertz CT molecular complexity index is 1400. The van der Waals surface area contributed by atoms with Crippen LogP contribution >= 0.6 is 11.6 Å². The zero-order valence-corrected chi connectivity index (χ0v) is 23.6. The minimum atomic E-state index is -0.0799. The lowest BCUT2D eigenvalue weighted by atomic mass is 9.85. The summed E-state index contributed by atoms with van der Waals surface area (Å²) >= 11 is 6.59. The molecule has 1 aromatic heterocycles. The van der Waals surface area contributed by atoms with Crippen LogP contribution in [-0.2, 0) is 5.41 Å². The highest BCUT2D eigenvalue weighted by molar-refractivity contribution is 6.32. The fourth-order valence-corrected chi connectivity index (χ4v) is 5.19. The first-order valence-electron chi connectivity index (χ1n) is 13.1. The molecule has 1 fully saturated rings. The summed E-state index contributed by atoms with van der Waals surface area (Å²) in [5.74, 6) is 1.53. The third-order valence-corrected chi connectivity index (χ3v) is 7.70. The third-order valence-electron chi connectivity index (χ3n) is 7.41. The number of likely N-dealkylation sites (N-methyl/N-ethyl adjacent to an activating group) is 1. The molecule has 1 saturated heterocycles. The molecular formula is C29H34ClN7O2. The number of nitriles is 1. The molecule has 2 aromatic carbocycles. The van der Waals surface area contributed by atoms with Crippen molar-refractivity contribution in [1.29, 1.82) is 5.26 Å². The van der Waals surface area contributed by atoms with E-state index in [1.165, 1.54) is 0 Å². The van der Waals surface area contributed by atoms with Crippen LogP contribution in [0.15, 0.2) is 36.5 Å². The lowest BCUT2D eigenvalue weighted by Crippen LogP contribution is -2.45. The van der Waals surface area contributed by atoms with Crippen LogP contribution in [0.2, 0.25) is 5.02 Å². The first kappa shape index (κ1) is 27.0. The summed E-state index contributed by atoms with van der Waals surface area (Å²) in [6, 6.07) is 11.7. The maximum Gasteiger partial charge on any atom is 0.227 e. The number of aromatic nitrogens is 2. The number of halogens is 1. The molecule has 2 aliphatic heterocycles. The predicted molar refractivity (Wildman–Crippen MR) is 154 cm³/mol. The summed E-state index contributed by atoms with van der Waals surface area (Å²) in [5, 5.41) is 16.8. The van der Waals surface area contributed by atoms with E-state index in [0.29, 0.717) is 46.0 Å². The molecular weight excluding hydrogens is 514 g/mol. The van der Waals surface area contributed by atoms with Gasteiger partial charge in [0.1, 0.15) is 24.2 Å². The Morgan fingerprint density at radius 2 is 1.95 bits per heavy atom. The van der Waals surface area contributed by atoms with E-state index in [0.717, 1.165) is 56.1 Å². The lowest BCUT2D eigenvalue weighted by molar-refractivity contribution is 0.133. The van der Waals surface area contributed by atoms with Crippen molar-refractivity contribution in [3.8, 4) is 28.8 Å². The van der Waals surface area contributed by atoms with Crippen LogP contribution in [0, 0.1) is 11.3 Å². The third kappa shape index (κ3) is 5.88. The summed E-state index contributed by atoms with van der Waals surface area (Å²) in [4.78, 5) is 13.9. The van der Waals surface area contributed by atoms with Crippen LogP contribution in [0.1, 0.15) is 25.0 Å². The number of nitrogens with one attached hydrogen (secondary N) is 2. The quantitative estimate of drug-likeness (QED) is 0.414. The van der Waals surface area contributed by atoms with Gasteiger partial charge in [-0.05, 0) is 36.9 Å². The van der Waals surface area contributed by atoms with Gasteiger partial charge in [-0.2, -0.15) is 5.26 Å². The van der Waals surface area contributed by atoms with Crippen molar-refractivity contribution in [3.05, 3.63) is 52.7 Å². The number of benzene rings is 2. The zero-order chi connectivity index (χ0) is 27.6. The number of rotatable bonds is 8. The van der Waals surface area contributed by atoms with Gasteiger partial charge in [0.15, 0.2) is 0 Å². The summed E-state index contributed by atoms with van der Waals surface area (Å²) in [6.45, 7) is 10.7. The highest BCUT2D eigenvalue weighted by Crippen LogP contribution is 2.41. The van der Waals surface area contributed by atoms with Gasteiger partial charge in [-0.25, -0.2) is 9.97 Å². The van der Waals surface area contributed by atoms with E-state index >= 15 is 0 Å². The molecule has 0 atom stereocenters. The molecule has 0 saturated carbocycles. The van der Waals surface area contributed by atoms with E-state index in [-0.39, 0.29) is 5.41 Å². The molecule has 5 rings (SSSR count). The van der Waals surface area contributed by atoms with E-state index in [9.17, 15) is 5.26 Å². The Kier molecular flexibility index (Phi) is 7.80. The van der Waals surface area contributed by atoms with Gasteiger partial charge in [0.25, 0.3) is 0 Å². The van der Waals surface area contributed by atoms with E-state index in [1.807, 2.05) is 12.1 Å². The maximum atomic E-state index is 9.75. The maximum absolute atomic E-state index is 9.75. The van der Waals surface area contributed by atoms with Crippen LogP contribution in [0.5, 0.6) is 11.5 Å². The smallest absolute Gasteiger partial charge is 0.227 e. The van der Waals surface area contributed by atoms with Gasteiger partial charge in [-0.1, -0.05) is 25.4 Å². The first-order chi connectivity index (χ1) is 18.8. The van der Waals surface area contributed by atoms with E-state index in [4.69, 9.17) is 26.1 Å². The largest absolute Gasteiger partial charge is 0.494 e. The molecule has 3 heterocycles. The summed E-state index contributed by atoms with van der Waals surface area (Å²) in [7, 11) is 3.75. The van der Waals surface area contributed by atoms with Crippen molar-refractivity contribution in [2.75, 3.05) is 70.7 Å². The molecule has 0 bridgehead atoms. The summed E-state index contributed by atoms with van der Waals surface area (Å²) in [6.07, 6.45) is 1.69. The van der Waals surface area contributed by atoms with E-state index < -0.39 is 0 Å². The molecule has 10 heteroatoms. The van der Waals surface area contributed by atoms with Gasteiger partial charge in [0.2, 0.25) is 5.95 Å². The second-order valence-electron chi connectivity index (χ2n) is 10.7. The van der Waals surface area contributed by atoms with Gasteiger partial charge in [-0.15, -0.1) is 0 Å². The van der Waals surface area contributed by atoms with Gasteiger partial charge in [-0.3, -0.25) is 4.90 Å². The Morgan fingerprint density at radius 1 is 1.15 bits per heavy atom. The minimum absolute atomic E-state index is 0.0799. The van der Waals surface area contributed by atoms with Crippen LogP contribution in [0.25, 0.3) is 11.3 Å². The molecule has 3 aromatic rings. The summed E-state index contributed by atoms with van der Waals surface area (Å²) < 4.78 is 11.6. The van der Waals surface area contributed by atoms with Gasteiger partial charge < -0.3 is 25.0 Å². The van der Waals surface area contributed by atoms with Crippen LogP contribution in [0.3, 0.4) is 0 Å². The molecule has 2 aliphatic rings. The second-order valence-corrected chi connectivity index (χ2v) is 11.1. The van der Waals surface area contributed by atoms with Crippen LogP contribution in [0.4, 0.5) is 17.3 Å². The Morgan fingerprint density at radius 3 is 2.69 bits per heavy atom. The molecule has 0 radical (unpaired) electrons. The van der Waals surface area contributed by atoms with E-state index in [1.54, 1.807) is 25.4 Å². The van der Waals surface area contributed by atoms with Crippen molar-refractivity contribution < 1.29 is 9.47 Å². The number of fused-ring (bicyclic) bond motifs is 1. The van der Waals surface area contributed by atoms with Gasteiger partial charge >= 0.3 is 0 Å². The van der Waals surface area contributed by atoms with Crippen LogP contribution in [-0.4, -0.2) is 79.8 Å². The van der Waals surface area contributed by atoms with Gasteiger partial charge in [0.05, 0.1) is 34.8 Å². The monoisotopic (exact) mass is 547 g/mol. The SMILES string of the molecule is COc1cc(OCCN2CCN(C)CC2)c(Cl)cc1Nc1nccc(-c2cc(C#N)c3c(c2)C(C)(C)CN3)n1. The average Bonchev–Trinajstić information content (AvgIpc) is 3.24. The molecule has 204 valence electrons. The molecule has 0 spiro atoms. The van der Waals surface area contributed by atoms with Crippen molar-refractivity contribution in [1.82, 2.24) is 19.8 Å². The van der Waals surface area contributed by atoms with Crippen molar-refractivity contribution in [2.45, 2.75) is 19.3 Å². The number of nitrogens with zero attached hydrogens (tertiary/aromatic N) is 5. The lowest BCUT2D eigenvalue weighted by Gasteiger charge is -2.32. The molecule has 9 nitrogen and oxygen atoms in total. The predicted octanol–water partition coefficient (Wildman–Crippen LogP) is 4.75. The number of hydrogen-bond donors (Lipinski definition) is 2. The van der Waals surface area contributed by atoms with Crippen molar-refractivity contribution in [2.24, 2.45) is 0 Å². The fraction of sp³-hybridized carbons (Fsp3) is 0.414. The molecule has 2 N–H and O–H groups in total. The zero-order valence-electron chi connectivity index (χ0n) is 22.8.